The lowest BCUT2D eigenvalue weighted by Crippen LogP contribution is -2.30. The number of nitrogens with one attached hydrogen (secondary N) is 1. The molecule has 1 N–H and O–H groups in total. The number of benzene rings is 2. The van der Waals surface area contributed by atoms with Crippen LogP contribution in [-0.4, -0.2) is 37.1 Å². The van der Waals surface area contributed by atoms with Crippen LogP contribution in [0, 0.1) is 6.92 Å². The highest BCUT2D eigenvalue weighted by Crippen LogP contribution is 2.22. The number of hydrogen-bond acceptors (Lipinski definition) is 7. The van der Waals surface area contributed by atoms with E-state index in [0.717, 1.165) is 11.3 Å². The zero-order chi connectivity index (χ0) is 22.9. The number of carbonyl (C=O) groups excluding carboxylic acids is 2. The van der Waals surface area contributed by atoms with Crippen LogP contribution in [0.2, 0.25) is 5.02 Å². The van der Waals surface area contributed by atoms with E-state index in [-0.39, 0.29) is 19.1 Å². The van der Waals surface area contributed by atoms with Crippen molar-refractivity contribution in [3.63, 3.8) is 0 Å². The molecular formula is C23H23ClN2O5S. The number of aromatic nitrogens is 1. The van der Waals surface area contributed by atoms with E-state index in [2.05, 4.69) is 10.3 Å². The smallest absolute Gasteiger partial charge is 0.350 e. The molecule has 3 aromatic rings. The Hall–Kier alpha value is -3.10. The van der Waals surface area contributed by atoms with E-state index < -0.39 is 5.97 Å². The van der Waals surface area contributed by atoms with Crippen LogP contribution in [0.4, 0.5) is 0 Å². The van der Waals surface area contributed by atoms with E-state index in [4.69, 9.17) is 25.8 Å². The first-order chi connectivity index (χ1) is 15.4. The standard InChI is InChI=1S/C23H23ClN2O5S/c1-15-22(32-21(26-15)14-30-19-9-5-17(24)6-10-19)23(28)31-13-20(27)25-12-11-16-3-7-18(29-2)8-4-16/h3-10H,11-14H2,1-2H3,(H,25,27). The van der Waals surface area contributed by atoms with Crippen LogP contribution in [-0.2, 0) is 22.6 Å². The fourth-order valence-electron chi connectivity index (χ4n) is 2.77. The molecule has 7 nitrogen and oxygen atoms in total. The number of carbonyl (C=O) groups is 2. The average molecular weight is 475 g/mol. The normalized spacial score (nSPS) is 10.5. The molecule has 1 amide bonds. The average Bonchev–Trinajstić information content (AvgIpc) is 3.18. The van der Waals surface area contributed by atoms with Crippen LogP contribution >= 0.6 is 22.9 Å². The molecule has 0 radical (unpaired) electrons. The molecule has 0 aliphatic rings. The van der Waals surface area contributed by atoms with Crippen molar-refractivity contribution in [3.05, 3.63) is 74.7 Å². The van der Waals surface area contributed by atoms with Crippen LogP contribution in [0.1, 0.15) is 25.9 Å². The van der Waals surface area contributed by atoms with Crippen LogP contribution in [0.15, 0.2) is 48.5 Å². The van der Waals surface area contributed by atoms with E-state index in [1.165, 1.54) is 11.3 Å². The number of methoxy groups -OCH3 is 1. The molecular weight excluding hydrogens is 452 g/mol. The van der Waals surface area contributed by atoms with Gasteiger partial charge in [-0.25, -0.2) is 9.78 Å². The Kier molecular flexibility index (Phi) is 8.47. The Morgan fingerprint density at radius 3 is 2.44 bits per heavy atom. The molecule has 0 unspecified atom stereocenters. The minimum Gasteiger partial charge on any atom is -0.497 e. The molecule has 3 rings (SSSR count). The maximum atomic E-state index is 12.4. The first-order valence-corrected chi connectivity index (χ1v) is 11.1. The topological polar surface area (TPSA) is 86.8 Å². The van der Waals surface area contributed by atoms with Gasteiger partial charge in [0.1, 0.15) is 28.0 Å². The van der Waals surface area contributed by atoms with Crippen molar-refractivity contribution >= 4 is 34.8 Å². The minimum absolute atomic E-state index is 0.215. The molecule has 9 heteroatoms. The summed E-state index contributed by atoms with van der Waals surface area (Å²) in [6.45, 7) is 2.02. The van der Waals surface area contributed by atoms with E-state index in [1.807, 2.05) is 24.3 Å². The Bertz CT molecular complexity index is 1050. The van der Waals surface area contributed by atoms with Gasteiger partial charge in [0.15, 0.2) is 6.61 Å². The second kappa shape index (κ2) is 11.5. The number of thiazole rings is 1. The van der Waals surface area contributed by atoms with Gasteiger partial charge in [0, 0.05) is 11.6 Å². The summed E-state index contributed by atoms with van der Waals surface area (Å²) < 4.78 is 15.9. The number of amides is 1. The third-order valence-electron chi connectivity index (χ3n) is 4.43. The Labute approximate surface area is 195 Å². The van der Waals surface area contributed by atoms with Gasteiger partial charge in [-0.2, -0.15) is 0 Å². The molecule has 0 aliphatic carbocycles. The Morgan fingerprint density at radius 1 is 1.06 bits per heavy atom. The van der Waals surface area contributed by atoms with Gasteiger partial charge in [-0.15, -0.1) is 11.3 Å². The summed E-state index contributed by atoms with van der Waals surface area (Å²) in [4.78, 5) is 29.0. The zero-order valence-electron chi connectivity index (χ0n) is 17.7. The van der Waals surface area contributed by atoms with Gasteiger partial charge in [0.05, 0.1) is 12.8 Å². The minimum atomic E-state index is -0.581. The summed E-state index contributed by atoms with van der Waals surface area (Å²) in [5.74, 6) is 0.490. The van der Waals surface area contributed by atoms with Crippen molar-refractivity contribution in [3.8, 4) is 11.5 Å². The zero-order valence-corrected chi connectivity index (χ0v) is 19.3. The van der Waals surface area contributed by atoms with Gasteiger partial charge < -0.3 is 19.5 Å². The highest BCUT2D eigenvalue weighted by Gasteiger charge is 2.18. The predicted molar refractivity (Wildman–Crippen MR) is 123 cm³/mol. The summed E-state index contributed by atoms with van der Waals surface area (Å²) in [5, 5.41) is 3.99. The van der Waals surface area contributed by atoms with Crippen molar-refractivity contribution in [1.29, 1.82) is 0 Å². The number of ether oxygens (including phenoxy) is 3. The maximum Gasteiger partial charge on any atom is 0.350 e. The molecule has 168 valence electrons. The largest absolute Gasteiger partial charge is 0.497 e. The van der Waals surface area contributed by atoms with Crippen molar-refractivity contribution in [1.82, 2.24) is 10.3 Å². The number of esters is 1. The van der Waals surface area contributed by atoms with Gasteiger partial charge in [0.25, 0.3) is 5.91 Å². The van der Waals surface area contributed by atoms with E-state index in [9.17, 15) is 9.59 Å². The van der Waals surface area contributed by atoms with Crippen molar-refractivity contribution < 1.29 is 23.8 Å². The Balaban J connectivity index is 1.41. The third kappa shape index (κ3) is 6.96. The molecule has 2 aromatic carbocycles. The first kappa shape index (κ1) is 23.6. The number of hydrogen-bond donors (Lipinski definition) is 1. The summed E-state index contributed by atoms with van der Waals surface area (Å²) in [5.41, 5.74) is 1.60. The second-order valence-electron chi connectivity index (χ2n) is 6.79. The molecule has 1 aromatic heterocycles. The molecule has 0 spiro atoms. The van der Waals surface area contributed by atoms with E-state index in [0.29, 0.717) is 39.3 Å². The molecule has 32 heavy (non-hydrogen) atoms. The van der Waals surface area contributed by atoms with Crippen molar-refractivity contribution in [2.45, 2.75) is 20.0 Å². The Morgan fingerprint density at radius 2 is 1.75 bits per heavy atom. The van der Waals surface area contributed by atoms with Gasteiger partial charge in [-0.3, -0.25) is 4.79 Å². The lowest BCUT2D eigenvalue weighted by atomic mass is 10.1. The quantitative estimate of drug-likeness (QED) is 0.443. The molecule has 1 heterocycles. The van der Waals surface area contributed by atoms with Crippen LogP contribution in [0.3, 0.4) is 0 Å². The number of aryl methyl sites for hydroxylation is 1. The summed E-state index contributed by atoms with van der Waals surface area (Å²) in [6, 6.07) is 14.6. The molecule has 0 saturated heterocycles. The molecule has 0 saturated carbocycles. The van der Waals surface area contributed by atoms with Gasteiger partial charge in [0.2, 0.25) is 0 Å². The molecule has 0 fully saturated rings. The lowest BCUT2D eigenvalue weighted by Gasteiger charge is -2.07. The third-order valence-corrected chi connectivity index (χ3v) is 5.79. The highest BCUT2D eigenvalue weighted by molar-refractivity contribution is 7.13. The van der Waals surface area contributed by atoms with E-state index >= 15 is 0 Å². The van der Waals surface area contributed by atoms with Crippen molar-refractivity contribution in [2.24, 2.45) is 0 Å². The SMILES string of the molecule is COc1ccc(CCNC(=O)COC(=O)c2sc(COc3ccc(Cl)cc3)nc2C)cc1. The first-order valence-electron chi connectivity index (χ1n) is 9.86. The molecule has 0 aliphatic heterocycles. The monoisotopic (exact) mass is 474 g/mol. The number of rotatable bonds is 10. The lowest BCUT2D eigenvalue weighted by molar-refractivity contribution is -0.124. The van der Waals surface area contributed by atoms with Gasteiger partial charge in [-0.05, 0) is 55.3 Å². The number of nitrogens with zero attached hydrogens (tertiary/aromatic N) is 1. The maximum absolute atomic E-state index is 12.4. The highest BCUT2D eigenvalue weighted by atomic mass is 35.5. The fourth-order valence-corrected chi connectivity index (χ4v) is 3.76. The van der Waals surface area contributed by atoms with Crippen LogP contribution in [0.5, 0.6) is 11.5 Å². The predicted octanol–water partition coefficient (Wildman–Crippen LogP) is 4.21. The summed E-state index contributed by atoms with van der Waals surface area (Å²) >= 11 is 7.04. The van der Waals surface area contributed by atoms with Crippen LogP contribution < -0.4 is 14.8 Å². The van der Waals surface area contributed by atoms with Gasteiger partial charge in [-0.1, -0.05) is 23.7 Å². The number of halogens is 1. The van der Waals surface area contributed by atoms with Crippen LogP contribution in [0.25, 0.3) is 0 Å². The fraction of sp³-hybridized carbons (Fsp3) is 0.261. The molecule has 0 bridgehead atoms. The summed E-state index contributed by atoms with van der Waals surface area (Å²) in [6.07, 6.45) is 0.661. The van der Waals surface area contributed by atoms with E-state index in [1.54, 1.807) is 38.3 Å². The van der Waals surface area contributed by atoms with Gasteiger partial charge >= 0.3 is 5.97 Å². The van der Waals surface area contributed by atoms with Crippen molar-refractivity contribution in [2.75, 3.05) is 20.3 Å². The summed E-state index contributed by atoms with van der Waals surface area (Å²) in [7, 11) is 1.61. The second-order valence-corrected chi connectivity index (χ2v) is 8.31. The molecule has 0 atom stereocenters.